The number of rotatable bonds is 7. The van der Waals surface area contributed by atoms with E-state index in [1.807, 2.05) is 36.4 Å². The molecule has 0 radical (unpaired) electrons. The van der Waals surface area contributed by atoms with Gasteiger partial charge in [0.1, 0.15) is 17.3 Å². The second kappa shape index (κ2) is 9.86. The van der Waals surface area contributed by atoms with Gasteiger partial charge in [-0.1, -0.05) is 48.5 Å². The maximum atomic E-state index is 13.9. The molecule has 0 saturated carbocycles. The number of carbonyl (C=O) groups excluding carboxylic acids is 1. The lowest BCUT2D eigenvalue weighted by Gasteiger charge is -2.07. The molecular formula is C24H18FNO3. The summed E-state index contributed by atoms with van der Waals surface area (Å²) in [6.45, 7) is 0.220. The number of para-hydroxylation sites is 1. The molecule has 144 valence electrons. The van der Waals surface area contributed by atoms with Crippen molar-refractivity contribution in [3.8, 4) is 17.6 Å². The lowest BCUT2D eigenvalue weighted by molar-refractivity contribution is -0.134. The van der Waals surface area contributed by atoms with E-state index < -0.39 is 11.8 Å². The third-order valence-electron chi connectivity index (χ3n) is 4.03. The predicted molar refractivity (Wildman–Crippen MR) is 109 cm³/mol. The van der Waals surface area contributed by atoms with Crippen LogP contribution in [0.3, 0.4) is 0 Å². The lowest BCUT2D eigenvalue weighted by atomic mass is 10.0. The van der Waals surface area contributed by atoms with Crippen molar-refractivity contribution in [2.45, 2.75) is 6.42 Å². The monoisotopic (exact) mass is 387 g/mol. The molecule has 0 spiro atoms. The van der Waals surface area contributed by atoms with E-state index in [2.05, 4.69) is 0 Å². The van der Waals surface area contributed by atoms with Crippen LogP contribution in [0.25, 0.3) is 11.6 Å². The maximum absolute atomic E-state index is 13.9. The Morgan fingerprint density at radius 2 is 1.62 bits per heavy atom. The Kier molecular flexibility index (Phi) is 6.75. The number of nitriles is 1. The van der Waals surface area contributed by atoms with Crippen LogP contribution in [0, 0.1) is 17.1 Å². The molecule has 5 heteroatoms. The molecule has 0 bridgehead atoms. The molecule has 3 aromatic carbocycles. The summed E-state index contributed by atoms with van der Waals surface area (Å²) in [6, 6.07) is 24.0. The van der Waals surface area contributed by atoms with Crippen LogP contribution in [-0.2, 0) is 4.79 Å². The zero-order valence-electron chi connectivity index (χ0n) is 15.5. The first-order chi connectivity index (χ1) is 14.2. The van der Waals surface area contributed by atoms with Crippen molar-refractivity contribution in [3.05, 3.63) is 95.8 Å². The quantitative estimate of drug-likeness (QED) is 0.240. The second-order valence-corrected chi connectivity index (χ2v) is 6.10. The van der Waals surface area contributed by atoms with E-state index in [0.717, 1.165) is 0 Å². The van der Waals surface area contributed by atoms with Crippen molar-refractivity contribution in [1.82, 2.24) is 0 Å². The number of nitrogens with zero attached hydrogens (tertiary/aromatic N) is 1. The normalized spacial score (nSPS) is 10.8. The molecule has 0 aliphatic carbocycles. The first-order valence-electron chi connectivity index (χ1n) is 9.01. The van der Waals surface area contributed by atoms with Crippen LogP contribution in [0.2, 0.25) is 0 Å². The van der Waals surface area contributed by atoms with Gasteiger partial charge in [0.25, 0.3) is 0 Å². The van der Waals surface area contributed by atoms with Crippen molar-refractivity contribution in [2.75, 3.05) is 6.61 Å². The minimum Gasteiger partial charge on any atom is -0.493 e. The predicted octanol–water partition coefficient (Wildman–Crippen LogP) is 5.26. The Balaban J connectivity index is 1.57. The average molecular weight is 387 g/mol. The molecule has 0 N–H and O–H groups in total. The third kappa shape index (κ3) is 5.78. The molecule has 0 heterocycles. The van der Waals surface area contributed by atoms with E-state index in [0.29, 0.717) is 17.1 Å². The molecule has 0 aromatic heterocycles. The second-order valence-electron chi connectivity index (χ2n) is 6.10. The summed E-state index contributed by atoms with van der Waals surface area (Å²) < 4.78 is 24.6. The molecule has 3 rings (SSSR count). The van der Waals surface area contributed by atoms with Crippen LogP contribution in [0.15, 0.2) is 78.9 Å². The smallest absolute Gasteiger partial charge is 0.314 e. The molecule has 3 aromatic rings. The first kappa shape index (κ1) is 19.8. The van der Waals surface area contributed by atoms with E-state index in [1.54, 1.807) is 48.5 Å². The summed E-state index contributed by atoms with van der Waals surface area (Å²) in [4.78, 5) is 11.9. The van der Waals surface area contributed by atoms with Gasteiger partial charge in [-0.15, -0.1) is 0 Å². The molecule has 0 saturated heterocycles. The number of allylic oxidation sites excluding steroid dienone is 1. The van der Waals surface area contributed by atoms with E-state index >= 15 is 0 Å². The summed E-state index contributed by atoms with van der Waals surface area (Å²) in [5.41, 5.74) is 1.15. The highest BCUT2D eigenvalue weighted by Gasteiger charge is 2.08. The number of hydrogen-bond acceptors (Lipinski definition) is 4. The molecule has 0 atom stereocenters. The summed E-state index contributed by atoms with van der Waals surface area (Å²) in [6.07, 6.45) is 1.69. The molecule has 0 aliphatic rings. The van der Waals surface area contributed by atoms with Gasteiger partial charge in [-0.25, -0.2) is 4.39 Å². The SMILES string of the molecule is N#C/C(=C/c1ccc(OC(=O)CCOc2ccccc2)cc1)c1ccccc1F. The van der Waals surface area contributed by atoms with E-state index in [9.17, 15) is 14.4 Å². The Labute approximate surface area is 168 Å². The van der Waals surface area contributed by atoms with Crippen molar-refractivity contribution in [3.63, 3.8) is 0 Å². The summed E-state index contributed by atoms with van der Waals surface area (Å²) in [7, 11) is 0. The van der Waals surface area contributed by atoms with Crippen molar-refractivity contribution < 1.29 is 18.7 Å². The molecule has 4 nitrogen and oxygen atoms in total. The Hall–Kier alpha value is -3.91. The molecule has 29 heavy (non-hydrogen) atoms. The van der Waals surface area contributed by atoms with Crippen LogP contribution in [-0.4, -0.2) is 12.6 Å². The number of halogens is 1. The van der Waals surface area contributed by atoms with Gasteiger partial charge in [0.15, 0.2) is 0 Å². The topological polar surface area (TPSA) is 59.3 Å². The minimum absolute atomic E-state index is 0.114. The fourth-order valence-corrected chi connectivity index (χ4v) is 2.60. The zero-order valence-corrected chi connectivity index (χ0v) is 15.5. The van der Waals surface area contributed by atoms with Crippen LogP contribution in [0.1, 0.15) is 17.5 Å². The average Bonchev–Trinajstić information content (AvgIpc) is 2.74. The van der Waals surface area contributed by atoms with Crippen LogP contribution in [0.5, 0.6) is 11.5 Å². The number of esters is 1. The molecule has 0 unspecified atom stereocenters. The van der Waals surface area contributed by atoms with Gasteiger partial charge in [-0.3, -0.25) is 4.79 Å². The van der Waals surface area contributed by atoms with E-state index in [-0.39, 0.29) is 24.2 Å². The lowest BCUT2D eigenvalue weighted by Crippen LogP contribution is -2.12. The van der Waals surface area contributed by atoms with Gasteiger partial charge in [0, 0.05) is 5.56 Å². The largest absolute Gasteiger partial charge is 0.493 e. The van der Waals surface area contributed by atoms with Gasteiger partial charge in [0.05, 0.1) is 24.7 Å². The fraction of sp³-hybridized carbons (Fsp3) is 0.0833. The Morgan fingerprint density at radius 3 is 2.31 bits per heavy atom. The van der Waals surface area contributed by atoms with Crippen LogP contribution >= 0.6 is 0 Å². The summed E-state index contributed by atoms with van der Waals surface area (Å²) >= 11 is 0. The van der Waals surface area contributed by atoms with E-state index in [1.165, 1.54) is 6.07 Å². The fourth-order valence-electron chi connectivity index (χ4n) is 2.60. The molecule has 0 aliphatic heterocycles. The van der Waals surface area contributed by atoms with Crippen molar-refractivity contribution >= 4 is 17.6 Å². The number of benzene rings is 3. The molecule has 0 amide bonds. The third-order valence-corrected chi connectivity index (χ3v) is 4.03. The highest BCUT2D eigenvalue weighted by Crippen LogP contribution is 2.22. The van der Waals surface area contributed by atoms with Gasteiger partial charge in [-0.2, -0.15) is 5.26 Å². The highest BCUT2D eigenvalue weighted by molar-refractivity contribution is 5.89. The molecular weight excluding hydrogens is 369 g/mol. The number of ether oxygens (including phenoxy) is 2. The number of carbonyl (C=O) groups is 1. The summed E-state index contributed by atoms with van der Waals surface area (Å²) in [5.74, 6) is 0.215. The van der Waals surface area contributed by atoms with Gasteiger partial charge in [-0.05, 0) is 42.0 Å². The van der Waals surface area contributed by atoms with Gasteiger partial charge in [0.2, 0.25) is 0 Å². The minimum atomic E-state index is -0.455. The zero-order chi connectivity index (χ0) is 20.5. The Morgan fingerprint density at radius 1 is 0.931 bits per heavy atom. The standard InChI is InChI=1S/C24H18FNO3/c25-23-9-5-4-8-22(23)19(17-26)16-18-10-12-21(13-11-18)29-24(27)14-15-28-20-6-2-1-3-7-20/h1-13,16H,14-15H2/b19-16-. The molecule has 0 fully saturated rings. The first-order valence-corrected chi connectivity index (χ1v) is 9.01. The Bertz CT molecular complexity index is 1040. The van der Waals surface area contributed by atoms with Crippen molar-refractivity contribution in [2.24, 2.45) is 0 Å². The van der Waals surface area contributed by atoms with Crippen LogP contribution < -0.4 is 9.47 Å². The van der Waals surface area contributed by atoms with E-state index in [4.69, 9.17) is 9.47 Å². The summed E-state index contributed by atoms with van der Waals surface area (Å²) in [5, 5.41) is 9.34. The number of hydrogen-bond donors (Lipinski definition) is 0. The highest BCUT2D eigenvalue weighted by atomic mass is 19.1. The van der Waals surface area contributed by atoms with Gasteiger partial charge >= 0.3 is 5.97 Å². The maximum Gasteiger partial charge on any atom is 0.314 e. The van der Waals surface area contributed by atoms with Crippen molar-refractivity contribution in [1.29, 1.82) is 5.26 Å². The van der Waals surface area contributed by atoms with Gasteiger partial charge < -0.3 is 9.47 Å². The van der Waals surface area contributed by atoms with Crippen LogP contribution in [0.4, 0.5) is 4.39 Å².